The van der Waals surface area contributed by atoms with Crippen molar-refractivity contribution in [3.05, 3.63) is 23.3 Å². The van der Waals surface area contributed by atoms with Crippen LogP contribution in [0.2, 0.25) is 0 Å². The molecule has 0 spiro atoms. The molecule has 0 amide bonds. The molecule has 2 bridgehead atoms. The van der Waals surface area contributed by atoms with Crippen molar-refractivity contribution < 1.29 is 0 Å². The number of allylic oxidation sites excluding steroid dienone is 3. The van der Waals surface area contributed by atoms with Crippen LogP contribution in [0.1, 0.15) is 79.1 Å². The first kappa shape index (κ1) is 14.4. The Morgan fingerprint density at radius 1 is 1.05 bits per heavy atom. The summed E-state index contributed by atoms with van der Waals surface area (Å²) >= 11 is 0. The third-order valence-electron chi connectivity index (χ3n) is 7.23. The molecule has 3 aliphatic carbocycles. The second-order valence-electron chi connectivity index (χ2n) is 8.67. The predicted octanol–water partition coefficient (Wildman–Crippen LogP) is 6.29. The van der Waals surface area contributed by atoms with Crippen LogP contribution in [-0.4, -0.2) is 0 Å². The van der Waals surface area contributed by atoms with Crippen molar-refractivity contribution in [2.45, 2.75) is 79.1 Å². The summed E-state index contributed by atoms with van der Waals surface area (Å²) in [6.07, 6.45) is 11.0. The molecule has 0 heterocycles. The van der Waals surface area contributed by atoms with Gasteiger partial charge in [0.15, 0.2) is 0 Å². The molecule has 0 aliphatic heterocycles. The van der Waals surface area contributed by atoms with E-state index in [1.54, 1.807) is 11.1 Å². The second kappa shape index (κ2) is 4.75. The summed E-state index contributed by atoms with van der Waals surface area (Å²) in [6.45, 7) is 14.5. The summed E-state index contributed by atoms with van der Waals surface area (Å²) < 4.78 is 0. The zero-order chi connectivity index (χ0) is 14.5. The van der Waals surface area contributed by atoms with Crippen LogP contribution in [0.15, 0.2) is 23.3 Å². The largest absolute Gasteiger partial charge is 0.0996 e. The second-order valence-corrected chi connectivity index (χ2v) is 8.67. The lowest BCUT2D eigenvalue weighted by Gasteiger charge is -2.52. The van der Waals surface area contributed by atoms with Gasteiger partial charge in [-0.3, -0.25) is 0 Å². The summed E-state index contributed by atoms with van der Waals surface area (Å²) in [6, 6.07) is 0. The minimum absolute atomic E-state index is 0.432. The van der Waals surface area contributed by atoms with Crippen LogP contribution >= 0.6 is 0 Å². The Balaban J connectivity index is 1.99. The molecule has 2 saturated carbocycles. The minimum atomic E-state index is 0.432. The van der Waals surface area contributed by atoms with E-state index in [-0.39, 0.29) is 0 Å². The average Bonchev–Trinajstić information content (AvgIpc) is 2.35. The molecule has 3 rings (SSSR count). The molecule has 0 aromatic carbocycles. The fourth-order valence-corrected chi connectivity index (χ4v) is 5.65. The van der Waals surface area contributed by atoms with Crippen molar-refractivity contribution >= 4 is 0 Å². The summed E-state index contributed by atoms with van der Waals surface area (Å²) in [5, 5.41) is 0. The summed E-state index contributed by atoms with van der Waals surface area (Å²) in [5.41, 5.74) is 6.06. The van der Waals surface area contributed by atoms with Crippen LogP contribution in [0.25, 0.3) is 0 Å². The van der Waals surface area contributed by atoms with Crippen LogP contribution in [0.3, 0.4) is 0 Å². The van der Waals surface area contributed by atoms with Gasteiger partial charge in [0.1, 0.15) is 0 Å². The fraction of sp³-hybridized carbons (Fsp3) is 0.800. The van der Waals surface area contributed by atoms with E-state index < -0.39 is 0 Å². The smallest absolute Gasteiger partial charge is 0.0114 e. The van der Waals surface area contributed by atoms with Crippen molar-refractivity contribution in [2.24, 2.45) is 22.7 Å². The van der Waals surface area contributed by atoms with Gasteiger partial charge < -0.3 is 0 Å². The van der Waals surface area contributed by atoms with Gasteiger partial charge in [-0.1, -0.05) is 44.1 Å². The molecular formula is C20H32. The zero-order valence-corrected chi connectivity index (χ0v) is 14.0. The maximum absolute atomic E-state index is 4.47. The van der Waals surface area contributed by atoms with Crippen molar-refractivity contribution in [3.63, 3.8) is 0 Å². The quantitative estimate of drug-likeness (QED) is 0.359. The maximum atomic E-state index is 4.47. The van der Waals surface area contributed by atoms with Crippen LogP contribution in [0.5, 0.6) is 0 Å². The SMILES string of the molecule is CC1=C2CC[C@]3(C)CCCC(=[13CH2])[C@H]3C[C@H](CC1)C2(C)C. The van der Waals surface area contributed by atoms with Gasteiger partial charge in [0, 0.05) is 0 Å². The molecule has 20 heavy (non-hydrogen) atoms. The molecule has 0 heteroatoms. The molecule has 3 atom stereocenters. The van der Waals surface area contributed by atoms with Crippen molar-refractivity contribution in [1.82, 2.24) is 0 Å². The zero-order valence-electron chi connectivity index (χ0n) is 14.0. The highest BCUT2D eigenvalue weighted by atomic mass is 14.5. The van der Waals surface area contributed by atoms with E-state index in [4.69, 9.17) is 0 Å². The van der Waals surface area contributed by atoms with Gasteiger partial charge in [0.2, 0.25) is 0 Å². The molecule has 0 radical (unpaired) electrons. The van der Waals surface area contributed by atoms with Crippen LogP contribution in [-0.2, 0) is 0 Å². The molecular weight excluding hydrogens is 241 g/mol. The molecule has 0 aromatic heterocycles. The van der Waals surface area contributed by atoms with E-state index >= 15 is 0 Å². The van der Waals surface area contributed by atoms with Crippen molar-refractivity contribution in [3.8, 4) is 0 Å². The summed E-state index contributed by atoms with van der Waals surface area (Å²) in [5.74, 6) is 1.67. The van der Waals surface area contributed by atoms with Gasteiger partial charge in [-0.25, -0.2) is 0 Å². The van der Waals surface area contributed by atoms with E-state index in [2.05, 4.69) is 34.3 Å². The molecule has 0 N–H and O–H groups in total. The minimum Gasteiger partial charge on any atom is -0.0996 e. The number of hydrogen-bond donors (Lipinski definition) is 0. The van der Waals surface area contributed by atoms with Crippen molar-refractivity contribution in [2.75, 3.05) is 0 Å². The van der Waals surface area contributed by atoms with Gasteiger partial charge >= 0.3 is 0 Å². The first-order valence-corrected chi connectivity index (χ1v) is 8.71. The van der Waals surface area contributed by atoms with E-state index in [1.807, 2.05) is 5.57 Å². The van der Waals surface area contributed by atoms with Gasteiger partial charge in [0.05, 0.1) is 0 Å². The van der Waals surface area contributed by atoms with Crippen LogP contribution in [0.4, 0.5) is 0 Å². The van der Waals surface area contributed by atoms with E-state index in [0.717, 1.165) is 11.8 Å². The van der Waals surface area contributed by atoms with Crippen LogP contribution in [0, 0.1) is 22.7 Å². The topological polar surface area (TPSA) is 0 Å². The molecule has 0 saturated heterocycles. The Morgan fingerprint density at radius 2 is 1.80 bits per heavy atom. The highest BCUT2D eigenvalue weighted by Crippen LogP contribution is 2.58. The molecule has 3 aliphatic rings. The predicted molar refractivity (Wildman–Crippen MR) is 87.6 cm³/mol. The summed E-state index contributed by atoms with van der Waals surface area (Å²) in [4.78, 5) is 0. The van der Waals surface area contributed by atoms with E-state index in [0.29, 0.717) is 10.8 Å². The molecule has 0 aromatic rings. The highest BCUT2D eigenvalue weighted by Gasteiger charge is 2.46. The number of rotatable bonds is 0. The lowest BCUT2D eigenvalue weighted by atomic mass is 9.53. The molecule has 0 nitrogen and oxygen atoms in total. The van der Waals surface area contributed by atoms with Gasteiger partial charge in [-0.2, -0.15) is 0 Å². The van der Waals surface area contributed by atoms with Crippen molar-refractivity contribution in [1.29, 1.82) is 0 Å². The Hall–Kier alpha value is -0.520. The Labute approximate surface area is 125 Å². The standard InChI is InChI=1S/C20H32/c1-14-7-6-11-20(5)12-10-17-15(2)8-9-16(13-18(14)20)19(17,3)4/h16,18H,1,6-13H2,2-5H3/t16-,18+,20-/m0/s1/i1+1. The van der Waals surface area contributed by atoms with Crippen LogP contribution < -0.4 is 0 Å². The summed E-state index contributed by atoms with van der Waals surface area (Å²) in [7, 11) is 0. The van der Waals surface area contributed by atoms with E-state index in [1.165, 1.54) is 51.4 Å². The third kappa shape index (κ3) is 2.11. The third-order valence-corrected chi connectivity index (χ3v) is 7.23. The highest BCUT2D eigenvalue weighted by molar-refractivity contribution is 5.27. The van der Waals surface area contributed by atoms with Gasteiger partial charge in [-0.05, 0) is 81.0 Å². The molecule has 2 fully saturated rings. The lowest BCUT2D eigenvalue weighted by Crippen LogP contribution is -2.41. The molecule has 0 unspecified atom stereocenters. The average molecular weight is 273 g/mol. The first-order chi connectivity index (χ1) is 9.34. The Bertz CT molecular complexity index is 451. The van der Waals surface area contributed by atoms with Gasteiger partial charge in [-0.15, -0.1) is 0 Å². The lowest BCUT2D eigenvalue weighted by molar-refractivity contribution is 0.0696. The van der Waals surface area contributed by atoms with Gasteiger partial charge in [0.25, 0.3) is 0 Å². The Kier molecular flexibility index (Phi) is 3.42. The maximum Gasteiger partial charge on any atom is -0.0114 e. The van der Waals surface area contributed by atoms with E-state index in [9.17, 15) is 0 Å². The first-order valence-electron chi connectivity index (χ1n) is 8.71. The normalized spacial score (nSPS) is 40.9. The Morgan fingerprint density at radius 3 is 2.55 bits per heavy atom. The monoisotopic (exact) mass is 273 g/mol. The fourth-order valence-electron chi connectivity index (χ4n) is 5.65. The molecule has 112 valence electrons. The number of fused-ring (bicyclic) bond motifs is 3. The number of hydrogen-bond acceptors (Lipinski definition) is 0.